The molecule has 1 heterocycles. The van der Waals surface area contributed by atoms with E-state index in [1.165, 1.54) is 0 Å². The van der Waals surface area contributed by atoms with Crippen molar-refractivity contribution in [2.75, 3.05) is 0 Å². The van der Waals surface area contributed by atoms with E-state index in [1.54, 1.807) is 12.3 Å². The molecule has 18 heavy (non-hydrogen) atoms. The molecule has 0 bridgehead atoms. The summed E-state index contributed by atoms with van der Waals surface area (Å²) in [6, 6.07) is 9.15. The number of pyridine rings is 1. The predicted molar refractivity (Wildman–Crippen MR) is 68.7 cm³/mol. The number of aromatic nitrogens is 1. The molecule has 2 rings (SSSR count). The van der Waals surface area contributed by atoms with Crippen molar-refractivity contribution in [1.29, 1.82) is 0 Å². The molecular formula is C14H15NO3. The number of fused-ring (bicyclic) bond motifs is 1. The van der Waals surface area contributed by atoms with Crippen molar-refractivity contribution in [3.63, 3.8) is 0 Å². The number of carbonyl (C=O) groups is 1. The van der Waals surface area contributed by atoms with Crippen LogP contribution in [-0.4, -0.2) is 22.2 Å². The van der Waals surface area contributed by atoms with E-state index in [1.807, 2.05) is 31.2 Å². The van der Waals surface area contributed by atoms with Gasteiger partial charge in [0.25, 0.3) is 0 Å². The summed E-state index contributed by atoms with van der Waals surface area (Å²) in [5.74, 6) is -0.362. The van der Waals surface area contributed by atoms with Crippen molar-refractivity contribution < 1.29 is 14.6 Å². The van der Waals surface area contributed by atoms with Crippen molar-refractivity contribution in [3.05, 3.63) is 36.5 Å². The summed E-state index contributed by atoms with van der Waals surface area (Å²) in [4.78, 5) is 15.3. The molecule has 0 saturated heterocycles. The van der Waals surface area contributed by atoms with E-state index < -0.39 is 12.1 Å². The molecule has 1 aromatic carbocycles. The van der Waals surface area contributed by atoms with E-state index in [4.69, 9.17) is 9.84 Å². The predicted octanol–water partition coefficient (Wildman–Crippen LogP) is 2.87. The van der Waals surface area contributed by atoms with Crippen LogP contribution in [0.5, 0.6) is 5.75 Å². The molecule has 1 unspecified atom stereocenters. The first kappa shape index (κ1) is 12.4. The number of ether oxygens (including phenoxy) is 1. The summed E-state index contributed by atoms with van der Waals surface area (Å²) in [5, 5.41) is 9.93. The minimum absolute atomic E-state index is 0.492. The molecular weight excluding hydrogens is 230 g/mol. The van der Waals surface area contributed by atoms with Gasteiger partial charge in [0.05, 0.1) is 5.52 Å². The van der Waals surface area contributed by atoms with Crippen LogP contribution < -0.4 is 4.74 Å². The first-order valence-electron chi connectivity index (χ1n) is 5.95. The van der Waals surface area contributed by atoms with Gasteiger partial charge in [0.2, 0.25) is 0 Å². The Balaban J connectivity index is 2.33. The Hall–Kier alpha value is -2.10. The van der Waals surface area contributed by atoms with Gasteiger partial charge in [0, 0.05) is 11.6 Å². The Morgan fingerprint density at radius 1 is 1.39 bits per heavy atom. The number of carboxylic acid groups (broad SMARTS) is 1. The molecule has 1 aromatic heterocycles. The van der Waals surface area contributed by atoms with Crippen molar-refractivity contribution in [1.82, 2.24) is 4.98 Å². The maximum Gasteiger partial charge on any atom is 0.344 e. The lowest BCUT2D eigenvalue weighted by atomic mass is 10.2. The Morgan fingerprint density at radius 3 is 2.94 bits per heavy atom. The fraction of sp³-hybridized carbons (Fsp3) is 0.286. The van der Waals surface area contributed by atoms with E-state index in [-0.39, 0.29) is 0 Å². The maximum atomic E-state index is 11.1. The van der Waals surface area contributed by atoms with Gasteiger partial charge in [-0.2, -0.15) is 0 Å². The molecule has 1 atom stereocenters. The number of hydrogen-bond acceptors (Lipinski definition) is 3. The van der Waals surface area contributed by atoms with E-state index in [9.17, 15) is 4.79 Å². The van der Waals surface area contributed by atoms with Crippen LogP contribution in [0.4, 0.5) is 0 Å². The summed E-state index contributed by atoms with van der Waals surface area (Å²) in [6.07, 6.45) is 2.15. The van der Waals surface area contributed by atoms with Crippen LogP contribution in [0, 0.1) is 0 Å². The summed E-state index contributed by atoms with van der Waals surface area (Å²) >= 11 is 0. The largest absolute Gasteiger partial charge is 0.479 e. The topological polar surface area (TPSA) is 59.4 Å². The van der Waals surface area contributed by atoms with Crippen molar-refractivity contribution >= 4 is 16.9 Å². The Morgan fingerprint density at radius 2 is 2.22 bits per heavy atom. The quantitative estimate of drug-likeness (QED) is 0.879. The van der Waals surface area contributed by atoms with Gasteiger partial charge in [-0.05, 0) is 30.7 Å². The monoisotopic (exact) mass is 245 g/mol. The average molecular weight is 245 g/mol. The van der Waals surface area contributed by atoms with Gasteiger partial charge in [-0.15, -0.1) is 0 Å². The number of hydrogen-bond donors (Lipinski definition) is 1. The van der Waals surface area contributed by atoms with Crippen molar-refractivity contribution in [2.24, 2.45) is 0 Å². The molecule has 4 nitrogen and oxygen atoms in total. The molecule has 0 radical (unpaired) electrons. The maximum absolute atomic E-state index is 11.1. The van der Waals surface area contributed by atoms with Gasteiger partial charge in [0.15, 0.2) is 6.10 Å². The molecule has 0 aliphatic rings. The lowest BCUT2D eigenvalue weighted by molar-refractivity contribution is -0.145. The highest BCUT2D eigenvalue weighted by Crippen LogP contribution is 2.25. The molecule has 94 valence electrons. The molecule has 2 aromatic rings. The molecule has 4 heteroatoms. The highest BCUT2D eigenvalue weighted by molar-refractivity contribution is 5.85. The number of benzene rings is 1. The highest BCUT2D eigenvalue weighted by Gasteiger charge is 2.19. The first-order valence-corrected chi connectivity index (χ1v) is 5.95. The van der Waals surface area contributed by atoms with Gasteiger partial charge < -0.3 is 9.84 Å². The summed E-state index contributed by atoms with van der Waals surface area (Å²) < 4.78 is 5.59. The second kappa shape index (κ2) is 5.49. The summed E-state index contributed by atoms with van der Waals surface area (Å²) in [5.41, 5.74) is 0.802. The van der Waals surface area contributed by atoms with Crippen molar-refractivity contribution in [3.8, 4) is 5.75 Å². The van der Waals surface area contributed by atoms with Gasteiger partial charge in [-0.3, -0.25) is 4.98 Å². The number of nitrogens with zero attached hydrogens (tertiary/aromatic N) is 1. The van der Waals surface area contributed by atoms with Crippen LogP contribution in [0.2, 0.25) is 0 Å². The standard InChI is InChI=1S/C14H15NO3/c1-2-5-13(14(16)17)18-12-8-3-7-11-10(12)6-4-9-15-11/h3-4,6-9,13H,2,5H2,1H3,(H,16,17). The highest BCUT2D eigenvalue weighted by atomic mass is 16.5. The fourth-order valence-corrected chi connectivity index (χ4v) is 1.83. The molecule has 0 fully saturated rings. The molecule has 0 spiro atoms. The fourth-order valence-electron chi connectivity index (χ4n) is 1.83. The van der Waals surface area contributed by atoms with Crippen LogP contribution in [0.3, 0.4) is 0 Å². The zero-order chi connectivity index (χ0) is 13.0. The van der Waals surface area contributed by atoms with Gasteiger partial charge in [-0.25, -0.2) is 4.79 Å². The number of aliphatic carboxylic acids is 1. The number of rotatable bonds is 5. The second-order valence-corrected chi connectivity index (χ2v) is 4.06. The third-order valence-electron chi connectivity index (χ3n) is 2.70. The smallest absolute Gasteiger partial charge is 0.344 e. The third-order valence-corrected chi connectivity index (χ3v) is 2.70. The molecule has 0 amide bonds. The van der Waals surface area contributed by atoms with Gasteiger partial charge in [-0.1, -0.05) is 19.4 Å². The van der Waals surface area contributed by atoms with Gasteiger partial charge in [0.1, 0.15) is 5.75 Å². The van der Waals surface area contributed by atoms with E-state index in [2.05, 4.69) is 4.98 Å². The van der Waals surface area contributed by atoms with Crippen LogP contribution in [0.1, 0.15) is 19.8 Å². The minimum atomic E-state index is -0.933. The Labute approximate surface area is 105 Å². The zero-order valence-corrected chi connectivity index (χ0v) is 10.2. The first-order chi connectivity index (χ1) is 8.72. The second-order valence-electron chi connectivity index (χ2n) is 4.06. The molecule has 1 N–H and O–H groups in total. The van der Waals surface area contributed by atoms with Crippen LogP contribution in [0.15, 0.2) is 36.5 Å². The Bertz CT molecular complexity index is 548. The lowest BCUT2D eigenvalue weighted by Crippen LogP contribution is -2.26. The third kappa shape index (κ3) is 2.59. The number of carboxylic acids is 1. The van der Waals surface area contributed by atoms with E-state index in [0.29, 0.717) is 12.2 Å². The normalized spacial score (nSPS) is 12.3. The SMILES string of the molecule is CCCC(Oc1cccc2ncccc12)C(=O)O. The molecule has 0 aliphatic carbocycles. The van der Waals surface area contributed by atoms with Gasteiger partial charge >= 0.3 is 5.97 Å². The van der Waals surface area contributed by atoms with E-state index >= 15 is 0 Å². The summed E-state index contributed by atoms with van der Waals surface area (Å²) in [6.45, 7) is 1.93. The minimum Gasteiger partial charge on any atom is -0.479 e. The Kier molecular flexibility index (Phi) is 3.77. The lowest BCUT2D eigenvalue weighted by Gasteiger charge is -2.15. The molecule has 0 saturated carbocycles. The summed E-state index contributed by atoms with van der Waals surface area (Å²) in [7, 11) is 0. The molecule has 0 aliphatic heterocycles. The average Bonchev–Trinajstić information content (AvgIpc) is 2.38. The van der Waals surface area contributed by atoms with E-state index in [0.717, 1.165) is 17.3 Å². The van der Waals surface area contributed by atoms with Crippen LogP contribution in [-0.2, 0) is 4.79 Å². The van der Waals surface area contributed by atoms with Crippen LogP contribution >= 0.6 is 0 Å². The van der Waals surface area contributed by atoms with Crippen LogP contribution in [0.25, 0.3) is 10.9 Å². The zero-order valence-electron chi connectivity index (χ0n) is 10.2. The van der Waals surface area contributed by atoms with Crippen molar-refractivity contribution in [2.45, 2.75) is 25.9 Å².